The number of alkyl halides is 3. The van der Waals surface area contributed by atoms with Gasteiger partial charge in [0.05, 0.1) is 6.61 Å². The largest absolute Gasteiger partial charge is 0.487 e. The molecule has 0 spiro atoms. The van der Waals surface area contributed by atoms with E-state index in [-0.39, 0.29) is 6.61 Å². The van der Waals surface area contributed by atoms with Crippen LogP contribution in [0.1, 0.15) is 6.92 Å². The van der Waals surface area contributed by atoms with Gasteiger partial charge in [-0.15, -0.1) is 8.78 Å². The predicted octanol–water partition coefficient (Wildman–Crippen LogP) is 1.52. The maximum atomic E-state index is 11.7. The number of halogens is 3. The number of hydrogen-bond donors (Lipinski definition) is 0. The molecule has 56 valence electrons. The third-order valence-electron chi connectivity index (χ3n) is 0.535. The lowest BCUT2D eigenvalue weighted by molar-refractivity contribution is -0.399. The van der Waals surface area contributed by atoms with Gasteiger partial charge in [0.1, 0.15) is 0 Å². The van der Waals surface area contributed by atoms with Crippen molar-refractivity contribution in [2.24, 2.45) is 0 Å². The zero-order valence-corrected chi connectivity index (χ0v) is 4.86. The Kier molecular flexibility index (Phi) is 3.56. The summed E-state index contributed by atoms with van der Waals surface area (Å²) >= 11 is 0. The molecule has 0 aromatic heterocycles. The molecular formula is C4H7F3O2. The summed E-state index contributed by atoms with van der Waals surface area (Å²) in [7, 11) is 0. The van der Waals surface area contributed by atoms with E-state index in [1.807, 2.05) is 0 Å². The summed E-state index contributed by atoms with van der Waals surface area (Å²) in [6.45, 7) is -0.407. The van der Waals surface area contributed by atoms with Crippen molar-refractivity contribution in [3.8, 4) is 0 Å². The zero-order valence-electron chi connectivity index (χ0n) is 4.86. The average molecular weight is 144 g/mol. The maximum absolute atomic E-state index is 11.7. The SMILES string of the molecule is CCOC(F)(F)OCF. The Morgan fingerprint density at radius 1 is 1.33 bits per heavy atom. The molecule has 0 unspecified atom stereocenters. The van der Waals surface area contributed by atoms with Crippen LogP contribution in [0, 0.1) is 0 Å². The van der Waals surface area contributed by atoms with Gasteiger partial charge in [0.2, 0.25) is 0 Å². The molecule has 9 heavy (non-hydrogen) atoms. The molecule has 0 aliphatic carbocycles. The van der Waals surface area contributed by atoms with Gasteiger partial charge in [-0.05, 0) is 6.92 Å². The van der Waals surface area contributed by atoms with E-state index in [0.29, 0.717) is 0 Å². The number of ether oxygens (including phenoxy) is 2. The summed E-state index contributed by atoms with van der Waals surface area (Å²) in [4.78, 5) is 0. The van der Waals surface area contributed by atoms with Crippen LogP contribution in [0.4, 0.5) is 13.2 Å². The van der Waals surface area contributed by atoms with E-state index in [4.69, 9.17) is 0 Å². The molecule has 0 saturated carbocycles. The molecular weight excluding hydrogens is 137 g/mol. The van der Waals surface area contributed by atoms with Gasteiger partial charge >= 0.3 is 6.29 Å². The van der Waals surface area contributed by atoms with Gasteiger partial charge in [-0.2, -0.15) is 0 Å². The van der Waals surface area contributed by atoms with Gasteiger partial charge in [0.15, 0.2) is 6.86 Å². The molecule has 0 saturated heterocycles. The van der Waals surface area contributed by atoms with Gasteiger partial charge in [-0.25, -0.2) is 4.39 Å². The van der Waals surface area contributed by atoms with Crippen LogP contribution in [0.3, 0.4) is 0 Å². The fourth-order valence-electron chi connectivity index (χ4n) is 0.273. The highest BCUT2D eigenvalue weighted by Gasteiger charge is 2.30. The molecule has 0 aliphatic heterocycles. The average Bonchev–Trinajstić information content (AvgIpc) is 1.64. The smallest absolute Gasteiger partial charge is 0.296 e. The van der Waals surface area contributed by atoms with E-state index in [1.165, 1.54) is 6.92 Å². The van der Waals surface area contributed by atoms with Gasteiger partial charge < -0.3 is 0 Å². The highest BCUT2D eigenvalue weighted by molar-refractivity contribution is 4.27. The van der Waals surface area contributed by atoms with Crippen molar-refractivity contribution in [3.05, 3.63) is 0 Å². The Labute approximate surface area is 50.6 Å². The van der Waals surface area contributed by atoms with Crippen LogP contribution in [0.15, 0.2) is 0 Å². The Hall–Kier alpha value is -0.290. The van der Waals surface area contributed by atoms with E-state index < -0.39 is 13.2 Å². The van der Waals surface area contributed by atoms with E-state index in [9.17, 15) is 13.2 Å². The second-order valence-corrected chi connectivity index (χ2v) is 1.15. The summed E-state index contributed by atoms with van der Waals surface area (Å²) in [5.41, 5.74) is 0. The standard InChI is InChI=1S/C4H7F3O2/c1-2-8-4(6,7)9-3-5/h2-3H2,1H3. The normalized spacial score (nSPS) is 12.0. The van der Waals surface area contributed by atoms with E-state index in [0.717, 1.165) is 0 Å². The summed E-state index contributed by atoms with van der Waals surface area (Å²) in [6.07, 6.45) is -3.77. The Morgan fingerprint density at radius 3 is 2.22 bits per heavy atom. The van der Waals surface area contributed by atoms with Crippen LogP contribution in [0.5, 0.6) is 0 Å². The highest BCUT2D eigenvalue weighted by atomic mass is 19.3. The first-order chi connectivity index (χ1) is 4.12. The molecule has 0 aliphatic rings. The van der Waals surface area contributed by atoms with Crippen LogP contribution >= 0.6 is 0 Å². The van der Waals surface area contributed by atoms with Crippen molar-refractivity contribution in [2.45, 2.75) is 13.2 Å². The second-order valence-electron chi connectivity index (χ2n) is 1.15. The maximum Gasteiger partial charge on any atom is 0.487 e. The molecule has 0 aromatic carbocycles. The molecule has 0 aromatic rings. The summed E-state index contributed by atoms with van der Waals surface area (Å²) in [5.74, 6) is 0. The predicted molar refractivity (Wildman–Crippen MR) is 23.6 cm³/mol. The van der Waals surface area contributed by atoms with Gasteiger partial charge in [-0.3, -0.25) is 9.47 Å². The van der Waals surface area contributed by atoms with Crippen LogP contribution < -0.4 is 0 Å². The molecule has 5 heteroatoms. The number of rotatable bonds is 4. The molecule has 2 nitrogen and oxygen atoms in total. The van der Waals surface area contributed by atoms with E-state index >= 15 is 0 Å². The van der Waals surface area contributed by atoms with Crippen LogP contribution in [0.25, 0.3) is 0 Å². The Bertz CT molecular complexity index is 68.2. The molecule has 0 radical (unpaired) electrons. The van der Waals surface area contributed by atoms with Crippen LogP contribution in [-0.2, 0) is 9.47 Å². The van der Waals surface area contributed by atoms with E-state index in [1.54, 1.807) is 0 Å². The van der Waals surface area contributed by atoms with Crippen molar-refractivity contribution in [2.75, 3.05) is 13.5 Å². The number of hydrogen-bond acceptors (Lipinski definition) is 2. The topological polar surface area (TPSA) is 18.5 Å². The molecule has 0 atom stereocenters. The Morgan fingerprint density at radius 2 is 1.89 bits per heavy atom. The van der Waals surface area contributed by atoms with Crippen molar-refractivity contribution >= 4 is 0 Å². The van der Waals surface area contributed by atoms with Crippen molar-refractivity contribution in [1.29, 1.82) is 0 Å². The minimum Gasteiger partial charge on any atom is -0.296 e. The summed E-state index contributed by atoms with van der Waals surface area (Å²) in [5, 5.41) is 0. The molecule has 0 bridgehead atoms. The third kappa shape index (κ3) is 4.23. The van der Waals surface area contributed by atoms with Crippen LogP contribution in [0.2, 0.25) is 0 Å². The van der Waals surface area contributed by atoms with Gasteiger partial charge in [-0.1, -0.05) is 0 Å². The zero-order chi connectivity index (χ0) is 7.33. The fraction of sp³-hybridized carbons (Fsp3) is 1.00. The summed E-state index contributed by atoms with van der Waals surface area (Å²) in [6, 6.07) is 0. The monoisotopic (exact) mass is 144 g/mol. The molecule has 0 fully saturated rings. The second kappa shape index (κ2) is 3.68. The Balaban J connectivity index is 3.43. The molecule has 0 N–H and O–H groups in total. The van der Waals surface area contributed by atoms with Gasteiger partial charge in [0, 0.05) is 0 Å². The van der Waals surface area contributed by atoms with Crippen molar-refractivity contribution in [3.63, 3.8) is 0 Å². The molecule has 0 rings (SSSR count). The minimum atomic E-state index is -3.77. The van der Waals surface area contributed by atoms with Gasteiger partial charge in [0.25, 0.3) is 0 Å². The van der Waals surface area contributed by atoms with Crippen molar-refractivity contribution in [1.82, 2.24) is 0 Å². The van der Waals surface area contributed by atoms with Crippen LogP contribution in [-0.4, -0.2) is 19.8 Å². The van der Waals surface area contributed by atoms with Crippen molar-refractivity contribution < 1.29 is 22.6 Å². The first-order valence-corrected chi connectivity index (χ1v) is 2.34. The quantitative estimate of drug-likeness (QED) is 0.557. The third-order valence-corrected chi connectivity index (χ3v) is 0.535. The summed E-state index contributed by atoms with van der Waals surface area (Å²) < 4.78 is 41.4. The lowest BCUT2D eigenvalue weighted by Crippen LogP contribution is -2.24. The fourth-order valence-corrected chi connectivity index (χ4v) is 0.273. The van der Waals surface area contributed by atoms with E-state index in [2.05, 4.69) is 9.47 Å². The molecule has 0 amide bonds. The molecule has 0 heterocycles. The first-order valence-electron chi connectivity index (χ1n) is 2.34. The lowest BCUT2D eigenvalue weighted by atomic mass is 10.9. The lowest BCUT2D eigenvalue weighted by Gasteiger charge is -2.11. The first kappa shape index (κ1) is 8.71. The highest BCUT2D eigenvalue weighted by Crippen LogP contribution is 2.15. The minimum absolute atomic E-state index is 0.215.